The largest absolute Gasteiger partial charge is 0.240 e. The highest BCUT2D eigenvalue weighted by atomic mass is 15.1. The summed E-state index contributed by atoms with van der Waals surface area (Å²) < 4.78 is 2.55. The number of aryl methyl sites for hydroxylation is 1. The van der Waals surface area contributed by atoms with Gasteiger partial charge in [0.1, 0.15) is 11.4 Å². The average Bonchev–Trinajstić information content (AvgIpc) is 2.69. The fraction of sp³-hybridized carbons (Fsp3) is 0.333. The Morgan fingerprint density at radius 2 is 1.62 bits per heavy atom. The lowest BCUT2D eigenvalue weighted by molar-refractivity contribution is -0.762. The van der Waals surface area contributed by atoms with Crippen molar-refractivity contribution >= 4 is 0 Å². The van der Waals surface area contributed by atoms with Gasteiger partial charge in [-0.1, -0.05) is 69.3 Å². The lowest BCUT2D eigenvalue weighted by Crippen LogP contribution is -2.62. The van der Waals surface area contributed by atoms with Gasteiger partial charge in [-0.3, -0.25) is 0 Å². The summed E-state index contributed by atoms with van der Waals surface area (Å²) in [5.41, 5.74) is 7.50. The Kier molecular flexibility index (Phi) is 4.14. The molecule has 0 saturated heterocycles. The molecule has 0 bridgehead atoms. The van der Waals surface area contributed by atoms with Crippen molar-refractivity contribution in [2.24, 2.45) is 0 Å². The van der Waals surface area contributed by atoms with Crippen LogP contribution in [0.1, 0.15) is 50.8 Å². The Bertz CT molecular complexity index is 940. The molecule has 1 unspecified atom stereocenters. The summed E-state index contributed by atoms with van der Waals surface area (Å²) in [5, 5.41) is 0. The van der Waals surface area contributed by atoms with Crippen LogP contribution in [0.3, 0.4) is 0 Å². The highest BCUT2D eigenvalue weighted by Gasteiger charge is 2.50. The SMILES string of the molecule is CCC1(CC)C(C)c2ccccc2-c2c(C)nc(-c3ccccc3)c[n+]21. The van der Waals surface area contributed by atoms with Crippen molar-refractivity contribution in [3.8, 4) is 22.5 Å². The quantitative estimate of drug-likeness (QED) is 0.562. The van der Waals surface area contributed by atoms with Crippen LogP contribution in [0.2, 0.25) is 0 Å². The van der Waals surface area contributed by atoms with Gasteiger partial charge in [-0.15, -0.1) is 0 Å². The summed E-state index contributed by atoms with van der Waals surface area (Å²) in [5.74, 6) is 0.469. The third-order valence-corrected chi connectivity index (χ3v) is 6.39. The lowest BCUT2D eigenvalue weighted by Gasteiger charge is -2.38. The molecular formula is C24H27N2+. The number of fused-ring (bicyclic) bond motifs is 3. The second-order valence-corrected chi connectivity index (χ2v) is 7.42. The predicted octanol–water partition coefficient (Wildman–Crippen LogP) is 5.64. The molecule has 26 heavy (non-hydrogen) atoms. The summed E-state index contributed by atoms with van der Waals surface area (Å²) in [4.78, 5) is 4.99. The fourth-order valence-electron chi connectivity index (χ4n) is 4.84. The Labute approximate surface area is 156 Å². The molecule has 2 heterocycles. The predicted molar refractivity (Wildman–Crippen MR) is 107 cm³/mol. The molecule has 0 fully saturated rings. The zero-order valence-corrected chi connectivity index (χ0v) is 16.2. The van der Waals surface area contributed by atoms with Crippen LogP contribution in [0.4, 0.5) is 0 Å². The maximum Gasteiger partial charge on any atom is 0.234 e. The highest BCUT2D eigenvalue weighted by molar-refractivity contribution is 5.67. The maximum atomic E-state index is 4.99. The number of nitrogens with zero attached hydrogens (tertiary/aromatic N) is 2. The molecule has 1 atom stereocenters. The molecule has 3 aromatic rings. The van der Waals surface area contributed by atoms with Crippen LogP contribution >= 0.6 is 0 Å². The van der Waals surface area contributed by atoms with Gasteiger partial charge in [-0.2, -0.15) is 4.57 Å². The molecule has 1 aliphatic heterocycles. The number of hydrogen-bond donors (Lipinski definition) is 0. The Hall–Kier alpha value is -2.48. The van der Waals surface area contributed by atoms with E-state index in [4.69, 9.17) is 4.98 Å². The molecule has 2 aromatic carbocycles. The summed E-state index contributed by atoms with van der Waals surface area (Å²) in [6.45, 7) is 9.19. The van der Waals surface area contributed by atoms with Crippen molar-refractivity contribution < 1.29 is 4.57 Å². The smallest absolute Gasteiger partial charge is 0.234 e. The summed E-state index contributed by atoms with van der Waals surface area (Å²) in [7, 11) is 0. The van der Waals surface area contributed by atoms with Crippen LogP contribution in [-0.4, -0.2) is 4.98 Å². The molecular weight excluding hydrogens is 316 g/mol. The number of benzene rings is 2. The first kappa shape index (κ1) is 17.0. The molecule has 2 nitrogen and oxygen atoms in total. The molecule has 4 rings (SSSR count). The van der Waals surface area contributed by atoms with Crippen LogP contribution < -0.4 is 4.57 Å². The van der Waals surface area contributed by atoms with Crippen molar-refractivity contribution in [1.82, 2.24) is 4.98 Å². The first-order valence-electron chi connectivity index (χ1n) is 9.71. The highest BCUT2D eigenvalue weighted by Crippen LogP contribution is 2.45. The van der Waals surface area contributed by atoms with Gasteiger partial charge in [-0.25, -0.2) is 4.98 Å². The molecule has 0 spiro atoms. The van der Waals surface area contributed by atoms with Crippen molar-refractivity contribution in [2.45, 2.75) is 52.0 Å². The van der Waals surface area contributed by atoms with Gasteiger partial charge in [0.25, 0.3) is 0 Å². The summed E-state index contributed by atoms with van der Waals surface area (Å²) in [6, 6.07) is 19.4. The number of rotatable bonds is 3. The van der Waals surface area contributed by atoms with E-state index in [2.05, 4.69) is 93.1 Å². The summed E-state index contributed by atoms with van der Waals surface area (Å²) >= 11 is 0. The van der Waals surface area contributed by atoms with Gasteiger partial charge in [-0.05, 0) is 18.6 Å². The van der Waals surface area contributed by atoms with Gasteiger partial charge in [0.2, 0.25) is 5.69 Å². The van der Waals surface area contributed by atoms with Gasteiger partial charge in [0.05, 0.1) is 5.56 Å². The zero-order chi connectivity index (χ0) is 18.3. The first-order chi connectivity index (χ1) is 12.6. The van der Waals surface area contributed by atoms with E-state index in [9.17, 15) is 0 Å². The first-order valence-corrected chi connectivity index (χ1v) is 9.71. The van der Waals surface area contributed by atoms with E-state index >= 15 is 0 Å². The van der Waals surface area contributed by atoms with Crippen LogP contribution in [0, 0.1) is 6.92 Å². The minimum Gasteiger partial charge on any atom is -0.240 e. The zero-order valence-electron chi connectivity index (χ0n) is 16.2. The molecule has 0 radical (unpaired) electrons. The second kappa shape index (κ2) is 6.35. The Morgan fingerprint density at radius 1 is 0.962 bits per heavy atom. The van der Waals surface area contributed by atoms with Gasteiger partial charge in [0, 0.05) is 24.3 Å². The van der Waals surface area contributed by atoms with E-state index in [1.54, 1.807) is 0 Å². The lowest BCUT2D eigenvalue weighted by atomic mass is 9.71. The van der Waals surface area contributed by atoms with Crippen LogP contribution in [0.25, 0.3) is 22.5 Å². The van der Waals surface area contributed by atoms with Gasteiger partial charge >= 0.3 is 0 Å². The molecule has 0 N–H and O–H groups in total. The van der Waals surface area contributed by atoms with Crippen molar-refractivity contribution in [2.75, 3.05) is 0 Å². The van der Waals surface area contributed by atoms with Crippen molar-refractivity contribution in [3.05, 3.63) is 72.1 Å². The molecule has 0 saturated carbocycles. The minimum atomic E-state index is 0.0842. The third kappa shape index (κ3) is 2.32. The van der Waals surface area contributed by atoms with Crippen LogP contribution in [-0.2, 0) is 5.54 Å². The van der Waals surface area contributed by atoms with E-state index in [1.807, 2.05) is 0 Å². The molecule has 0 aliphatic carbocycles. The van der Waals surface area contributed by atoms with E-state index in [0.29, 0.717) is 5.92 Å². The minimum absolute atomic E-state index is 0.0842. The van der Waals surface area contributed by atoms with E-state index in [0.717, 1.165) is 24.2 Å². The Balaban J connectivity index is 2.06. The molecule has 1 aromatic heterocycles. The van der Waals surface area contributed by atoms with E-state index < -0.39 is 0 Å². The van der Waals surface area contributed by atoms with Gasteiger partial charge < -0.3 is 0 Å². The second-order valence-electron chi connectivity index (χ2n) is 7.42. The van der Waals surface area contributed by atoms with Crippen molar-refractivity contribution in [1.29, 1.82) is 0 Å². The summed E-state index contributed by atoms with van der Waals surface area (Å²) in [6.07, 6.45) is 4.50. The average molecular weight is 343 g/mol. The molecule has 0 amide bonds. The van der Waals surface area contributed by atoms with Crippen LogP contribution in [0.15, 0.2) is 60.8 Å². The normalized spacial score (nSPS) is 17.5. The molecule has 132 valence electrons. The number of aromatic nitrogens is 2. The van der Waals surface area contributed by atoms with E-state index in [1.165, 1.54) is 22.4 Å². The molecule has 2 heteroatoms. The van der Waals surface area contributed by atoms with Crippen molar-refractivity contribution in [3.63, 3.8) is 0 Å². The van der Waals surface area contributed by atoms with Gasteiger partial charge in [0.15, 0.2) is 11.7 Å². The molecule has 1 aliphatic rings. The third-order valence-electron chi connectivity index (χ3n) is 6.39. The topological polar surface area (TPSA) is 16.8 Å². The number of hydrogen-bond acceptors (Lipinski definition) is 1. The van der Waals surface area contributed by atoms with E-state index in [-0.39, 0.29) is 5.54 Å². The standard InChI is InChI=1S/C24H27N2/c1-5-24(6-2)17(3)20-14-10-11-15-21(20)23-18(4)25-22(16-26(23)24)19-12-8-7-9-13-19/h7-17H,5-6H2,1-4H3/q+1. The fourth-order valence-corrected chi connectivity index (χ4v) is 4.84. The Morgan fingerprint density at radius 3 is 2.31 bits per heavy atom. The monoisotopic (exact) mass is 343 g/mol. The van der Waals surface area contributed by atoms with Crippen LogP contribution in [0.5, 0.6) is 0 Å². The maximum absolute atomic E-state index is 4.99.